The molecule has 26 heavy (non-hydrogen) atoms. The Labute approximate surface area is 156 Å². The van der Waals surface area contributed by atoms with Gasteiger partial charge >= 0.3 is 0 Å². The molecule has 1 atom stereocenters. The Balaban J connectivity index is 1.61. The maximum absolute atomic E-state index is 3.87. The predicted octanol–water partition coefficient (Wildman–Crippen LogP) is 5.79. The van der Waals surface area contributed by atoms with Crippen LogP contribution in [0.3, 0.4) is 0 Å². The number of rotatable bonds is 5. The number of aromatic amines is 1. The minimum Gasteiger partial charge on any atom is -0.354 e. The zero-order valence-corrected chi connectivity index (χ0v) is 15.4. The summed E-state index contributed by atoms with van der Waals surface area (Å²) in [7, 11) is 0. The van der Waals surface area contributed by atoms with Crippen molar-refractivity contribution in [1.82, 2.24) is 10.3 Å². The standard InChI is InChI=1S/C24H28N2/c1-2-9-18(10-3-1)23-22(14-13-19-15-16-25-19)21-12-6-11-20(24(21)26-23)17-7-4-5-8-17/h1-3,6,9-12,17,19,25-26H,4-5,7-8,13-16H2. The smallest absolute Gasteiger partial charge is 0.0497 e. The van der Waals surface area contributed by atoms with Crippen LogP contribution in [0.1, 0.15) is 55.6 Å². The number of fused-ring (bicyclic) bond motifs is 1. The van der Waals surface area contributed by atoms with E-state index in [0.29, 0.717) is 6.04 Å². The second kappa shape index (κ2) is 6.92. The van der Waals surface area contributed by atoms with E-state index >= 15 is 0 Å². The summed E-state index contributed by atoms with van der Waals surface area (Å²) in [6.45, 7) is 1.19. The van der Waals surface area contributed by atoms with Crippen LogP contribution < -0.4 is 5.32 Å². The molecule has 2 fully saturated rings. The summed E-state index contributed by atoms with van der Waals surface area (Å²) >= 11 is 0. The molecule has 1 saturated carbocycles. The maximum Gasteiger partial charge on any atom is 0.0497 e. The van der Waals surface area contributed by atoms with E-state index in [-0.39, 0.29) is 0 Å². The molecule has 2 heteroatoms. The van der Waals surface area contributed by atoms with E-state index in [1.165, 1.54) is 72.8 Å². The van der Waals surface area contributed by atoms with Gasteiger partial charge in [-0.3, -0.25) is 0 Å². The van der Waals surface area contributed by atoms with Gasteiger partial charge in [-0.1, -0.05) is 61.4 Å². The Morgan fingerprint density at radius 3 is 2.42 bits per heavy atom. The largest absolute Gasteiger partial charge is 0.354 e. The normalized spacial score (nSPS) is 20.5. The Morgan fingerprint density at radius 1 is 0.885 bits per heavy atom. The first kappa shape index (κ1) is 16.1. The van der Waals surface area contributed by atoms with E-state index in [4.69, 9.17) is 0 Å². The van der Waals surface area contributed by atoms with Crippen LogP contribution in [-0.2, 0) is 6.42 Å². The van der Waals surface area contributed by atoms with Crippen LogP contribution in [0.2, 0.25) is 0 Å². The number of nitrogens with one attached hydrogen (secondary N) is 2. The van der Waals surface area contributed by atoms with Gasteiger partial charge in [-0.05, 0) is 61.3 Å². The molecule has 1 aromatic heterocycles. The third-order valence-corrected chi connectivity index (χ3v) is 6.50. The summed E-state index contributed by atoms with van der Waals surface area (Å²) in [5, 5.41) is 5.01. The first-order chi connectivity index (χ1) is 12.9. The predicted molar refractivity (Wildman–Crippen MR) is 110 cm³/mol. The summed E-state index contributed by atoms with van der Waals surface area (Å²) in [6.07, 6.45) is 9.17. The van der Waals surface area contributed by atoms with Gasteiger partial charge in [-0.2, -0.15) is 0 Å². The highest BCUT2D eigenvalue weighted by Gasteiger charge is 2.23. The molecule has 1 aliphatic carbocycles. The lowest BCUT2D eigenvalue weighted by molar-refractivity contribution is 0.351. The van der Waals surface area contributed by atoms with Crippen molar-refractivity contribution in [3.05, 3.63) is 59.7 Å². The number of hydrogen-bond acceptors (Lipinski definition) is 1. The molecule has 2 aromatic carbocycles. The fraction of sp³-hybridized carbons (Fsp3) is 0.417. The van der Waals surface area contributed by atoms with Gasteiger partial charge in [0.05, 0.1) is 0 Å². The third kappa shape index (κ3) is 2.87. The van der Waals surface area contributed by atoms with Crippen molar-refractivity contribution < 1.29 is 0 Å². The third-order valence-electron chi connectivity index (χ3n) is 6.50. The first-order valence-electron chi connectivity index (χ1n) is 10.3. The molecule has 0 radical (unpaired) electrons. The molecule has 2 nitrogen and oxygen atoms in total. The maximum atomic E-state index is 3.87. The average molecular weight is 345 g/mol. The van der Waals surface area contributed by atoms with Gasteiger partial charge < -0.3 is 10.3 Å². The number of para-hydroxylation sites is 1. The highest BCUT2D eigenvalue weighted by Crippen LogP contribution is 2.40. The first-order valence-corrected chi connectivity index (χ1v) is 10.3. The number of hydrogen-bond donors (Lipinski definition) is 2. The zero-order chi connectivity index (χ0) is 17.3. The minimum absolute atomic E-state index is 0.710. The van der Waals surface area contributed by atoms with E-state index in [1.807, 2.05) is 0 Å². The van der Waals surface area contributed by atoms with Crippen molar-refractivity contribution in [1.29, 1.82) is 0 Å². The topological polar surface area (TPSA) is 27.8 Å². The minimum atomic E-state index is 0.710. The van der Waals surface area contributed by atoms with E-state index in [1.54, 1.807) is 5.56 Å². The molecule has 0 amide bonds. The van der Waals surface area contributed by atoms with Gasteiger partial charge in [0.2, 0.25) is 0 Å². The highest BCUT2D eigenvalue weighted by atomic mass is 15.0. The Hall–Kier alpha value is -2.06. The second-order valence-corrected chi connectivity index (χ2v) is 8.07. The summed E-state index contributed by atoms with van der Waals surface area (Å²) in [5.74, 6) is 0.738. The van der Waals surface area contributed by atoms with Crippen LogP contribution in [0.5, 0.6) is 0 Å². The van der Waals surface area contributed by atoms with Crippen molar-refractivity contribution in [2.45, 2.75) is 56.9 Å². The summed E-state index contributed by atoms with van der Waals surface area (Å²) in [4.78, 5) is 3.87. The molecule has 2 heterocycles. The van der Waals surface area contributed by atoms with Crippen LogP contribution in [0, 0.1) is 0 Å². The monoisotopic (exact) mass is 344 g/mol. The van der Waals surface area contributed by atoms with Crippen LogP contribution in [0.25, 0.3) is 22.2 Å². The fourth-order valence-corrected chi connectivity index (χ4v) is 4.90. The van der Waals surface area contributed by atoms with E-state index in [0.717, 1.165) is 12.3 Å². The lowest BCUT2D eigenvalue weighted by Gasteiger charge is -2.27. The number of aryl methyl sites for hydroxylation is 1. The Kier molecular flexibility index (Phi) is 4.30. The van der Waals surface area contributed by atoms with Gasteiger partial charge in [0.25, 0.3) is 0 Å². The van der Waals surface area contributed by atoms with Gasteiger partial charge in [0.1, 0.15) is 0 Å². The van der Waals surface area contributed by atoms with Gasteiger partial charge in [-0.25, -0.2) is 0 Å². The van der Waals surface area contributed by atoms with Crippen molar-refractivity contribution in [3.63, 3.8) is 0 Å². The molecule has 134 valence electrons. The quantitative estimate of drug-likeness (QED) is 0.602. The molecule has 2 N–H and O–H groups in total. The van der Waals surface area contributed by atoms with Crippen molar-refractivity contribution in [2.75, 3.05) is 6.54 Å². The molecule has 1 saturated heterocycles. The molecule has 2 aliphatic rings. The molecule has 1 aliphatic heterocycles. The molecule has 1 unspecified atom stereocenters. The number of benzene rings is 2. The van der Waals surface area contributed by atoms with Gasteiger partial charge in [0, 0.05) is 22.6 Å². The van der Waals surface area contributed by atoms with Crippen molar-refractivity contribution in [3.8, 4) is 11.3 Å². The van der Waals surface area contributed by atoms with Gasteiger partial charge in [-0.15, -0.1) is 0 Å². The SMILES string of the molecule is c1ccc(-c2[nH]c3c(C4CCCC4)cccc3c2CCC2CCN2)cc1. The fourth-order valence-electron chi connectivity index (χ4n) is 4.90. The number of aromatic nitrogens is 1. The Morgan fingerprint density at radius 2 is 1.69 bits per heavy atom. The Bertz CT molecular complexity index is 883. The van der Waals surface area contributed by atoms with E-state index in [2.05, 4.69) is 58.8 Å². The number of H-pyrrole nitrogens is 1. The summed E-state index contributed by atoms with van der Waals surface area (Å²) < 4.78 is 0. The molecule has 0 bridgehead atoms. The molecular formula is C24H28N2. The summed E-state index contributed by atoms with van der Waals surface area (Å²) in [6, 6.07) is 18.6. The van der Waals surface area contributed by atoms with E-state index in [9.17, 15) is 0 Å². The van der Waals surface area contributed by atoms with E-state index < -0.39 is 0 Å². The summed E-state index contributed by atoms with van der Waals surface area (Å²) in [5.41, 5.74) is 7.11. The zero-order valence-electron chi connectivity index (χ0n) is 15.4. The van der Waals surface area contributed by atoms with Crippen LogP contribution in [0.15, 0.2) is 48.5 Å². The molecule has 5 rings (SSSR count). The lowest BCUT2D eigenvalue weighted by Crippen LogP contribution is -2.42. The highest BCUT2D eigenvalue weighted by molar-refractivity contribution is 5.93. The second-order valence-electron chi connectivity index (χ2n) is 8.07. The molecule has 0 spiro atoms. The van der Waals surface area contributed by atoms with Gasteiger partial charge in [0.15, 0.2) is 0 Å². The van der Waals surface area contributed by atoms with Crippen LogP contribution in [0.4, 0.5) is 0 Å². The van der Waals surface area contributed by atoms with Crippen molar-refractivity contribution >= 4 is 10.9 Å². The van der Waals surface area contributed by atoms with Crippen LogP contribution in [-0.4, -0.2) is 17.6 Å². The average Bonchev–Trinajstić information content (AvgIpc) is 3.29. The molecular weight excluding hydrogens is 316 g/mol. The van der Waals surface area contributed by atoms with Crippen LogP contribution >= 0.6 is 0 Å². The van der Waals surface area contributed by atoms with Crippen molar-refractivity contribution in [2.24, 2.45) is 0 Å². The lowest BCUT2D eigenvalue weighted by atomic mass is 9.92. The molecule has 3 aromatic rings.